The standard InChI is InChI=1S/C21H26N6O3.C15H21N5O2.C6H7NO2/c1-13-10-26(11-15-3-2-6-22-20(15)28)12-16(13)18-24-21(29)17-9-23-19(27(17)25-18)14-4-7-30-8-5-14;1-9-6-16-7-11(9)13-18-15(21)12-8-17-14(20(12)19-13)10-2-4-22-5-3-10;1-9-5-3-2-4-7-6(5)8/h2-3,6,9,13-14,16H,4-5,7-8,10-12H2,1H3,(H,22,28)(H,24,25,29);8-11,16H,2-7H2,1H3,(H,18,19,21);2-4H,1H3,(H,7,8). The third-order valence-electron chi connectivity index (χ3n) is 12.3. The van der Waals surface area contributed by atoms with Crippen LogP contribution in [0.2, 0.25) is 0 Å². The Hall–Kier alpha value is -5.76. The molecule has 10 rings (SSSR count). The topological polar surface area (TPSA) is 235 Å². The van der Waals surface area contributed by atoms with E-state index in [9.17, 15) is 19.2 Å². The number of hydrogen-bond donors (Lipinski definition) is 5. The fourth-order valence-corrected chi connectivity index (χ4v) is 8.79. The number of rotatable bonds is 7. The molecule has 4 unspecified atom stereocenters. The summed E-state index contributed by atoms with van der Waals surface area (Å²) < 4.78 is 19.1. The Bertz CT molecular complexity index is 2650. The average molecular weight is 839 g/mol. The van der Waals surface area contributed by atoms with Gasteiger partial charge in [0.25, 0.3) is 22.2 Å². The second-order valence-electron chi connectivity index (χ2n) is 16.4. The lowest BCUT2D eigenvalue weighted by molar-refractivity contribution is 0.0831. The number of hydrogen-bond acceptors (Lipinski definition) is 13. The van der Waals surface area contributed by atoms with Gasteiger partial charge in [0.05, 0.1) is 19.5 Å². The Kier molecular flexibility index (Phi) is 13.0. The Morgan fingerprint density at radius 1 is 0.689 bits per heavy atom. The van der Waals surface area contributed by atoms with Gasteiger partial charge in [0.2, 0.25) is 0 Å². The molecule has 6 aromatic rings. The third kappa shape index (κ3) is 9.29. The van der Waals surface area contributed by atoms with Crippen molar-refractivity contribution in [2.24, 2.45) is 11.8 Å². The molecule has 324 valence electrons. The van der Waals surface area contributed by atoms with Crippen LogP contribution in [-0.4, -0.2) is 114 Å². The Morgan fingerprint density at radius 2 is 1.25 bits per heavy atom. The minimum Gasteiger partial charge on any atom is -0.491 e. The molecule has 4 atom stereocenters. The molecule has 10 heterocycles. The van der Waals surface area contributed by atoms with Gasteiger partial charge in [0.1, 0.15) is 23.3 Å². The maximum Gasteiger partial charge on any atom is 0.290 e. The highest BCUT2D eigenvalue weighted by atomic mass is 16.5. The van der Waals surface area contributed by atoms with Crippen LogP contribution >= 0.6 is 0 Å². The molecule has 0 bridgehead atoms. The molecule has 0 aromatic carbocycles. The molecule has 4 fully saturated rings. The van der Waals surface area contributed by atoms with Crippen molar-refractivity contribution in [2.45, 2.75) is 69.7 Å². The first-order valence-corrected chi connectivity index (χ1v) is 21.1. The normalized spacial score (nSPS) is 22.5. The molecule has 4 aliphatic rings. The van der Waals surface area contributed by atoms with Gasteiger partial charge in [-0.05, 0) is 62.3 Å². The molecule has 6 aromatic heterocycles. The molecule has 0 radical (unpaired) electrons. The number of imidazole rings is 2. The molecular weight excluding hydrogens is 785 g/mol. The molecule has 19 heteroatoms. The summed E-state index contributed by atoms with van der Waals surface area (Å²) in [5.74, 6) is 5.23. The van der Waals surface area contributed by atoms with Crippen molar-refractivity contribution in [1.82, 2.24) is 59.3 Å². The van der Waals surface area contributed by atoms with E-state index in [1.165, 1.54) is 7.11 Å². The van der Waals surface area contributed by atoms with Crippen molar-refractivity contribution in [1.29, 1.82) is 0 Å². The molecule has 0 amide bonds. The predicted molar refractivity (Wildman–Crippen MR) is 225 cm³/mol. The summed E-state index contributed by atoms with van der Waals surface area (Å²) in [5.41, 5.74) is 1.26. The first kappa shape index (κ1) is 42.0. The molecule has 4 aliphatic heterocycles. The van der Waals surface area contributed by atoms with Gasteiger partial charge < -0.3 is 39.5 Å². The molecule has 5 N–H and O–H groups in total. The number of nitrogens with zero attached hydrogens (tertiary/aromatic N) is 7. The fraction of sp³-hybridized carbons (Fsp3) is 0.524. The lowest BCUT2D eigenvalue weighted by Crippen LogP contribution is -2.26. The zero-order chi connectivity index (χ0) is 42.5. The summed E-state index contributed by atoms with van der Waals surface area (Å²) in [7, 11) is 1.46. The number of ether oxygens (including phenoxy) is 3. The SMILES string of the molecule is CC1CN(Cc2ccc[nH]c2=O)CC1c1nn2c(C3CCOCC3)ncc2c(=O)[nH]1.CC1CNCC1c1nn2c(C3CCOCC3)ncc2c(=O)[nH]1.COc1ccc[nH]c1=O. The smallest absolute Gasteiger partial charge is 0.290 e. The zero-order valence-electron chi connectivity index (χ0n) is 34.8. The third-order valence-corrected chi connectivity index (χ3v) is 12.3. The predicted octanol–water partition coefficient (Wildman–Crippen LogP) is 2.25. The van der Waals surface area contributed by atoms with Gasteiger partial charge in [-0.1, -0.05) is 19.9 Å². The van der Waals surface area contributed by atoms with E-state index in [-0.39, 0.29) is 40.0 Å². The van der Waals surface area contributed by atoms with E-state index in [0.29, 0.717) is 60.1 Å². The molecule has 61 heavy (non-hydrogen) atoms. The van der Waals surface area contributed by atoms with Gasteiger partial charge in [-0.15, -0.1) is 0 Å². The molecule has 19 nitrogen and oxygen atoms in total. The number of nitrogens with one attached hydrogen (secondary N) is 5. The average Bonchev–Trinajstić information content (AvgIpc) is 4.09. The Labute approximate surface area is 350 Å². The van der Waals surface area contributed by atoms with Crippen LogP contribution in [0.4, 0.5) is 0 Å². The van der Waals surface area contributed by atoms with Crippen LogP contribution in [0.25, 0.3) is 11.0 Å². The van der Waals surface area contributed by atoms with Crippen molar-refractivity contribution < 1.29 is 14.2 Å². The lowest BCUT2D eigenvalue weighted by Gasteiger charge is -2.21. The minimum atomic E-state index is -0.194. The second-order valence-corrected chi connectivity index (χ2v) is 16.4. The molecule has 4 saturated heterocycles. The minimum absolute atomic E-state index is 0.0546. The number of aromatic nitrogens is 10. The highest BCUT2D eigenvalue weighted by molar-refractivity contribution is 5.43. The van der Waals surface area contributed by atoms with Crippen LogP contribution in [0.3, 0.4) is 0 Å². The fourth-order valence-electron chi connectivity index (χ4n) is 8.79. The number of H-pyrrole nitrogens is 4. The van der Waals surface area contributed by atoms with Gasteiger partial charge >= 0.3 is 0 Å². The molecule has 0 saturated carbocycles. The maximum absolute atomic E-state index is 12.7. The van der Waals surface area contributed by atoms with E-state index < -0.39 is 0 Å². The summed E-state index contributed by atoms with van der Waals surface area (Å²) in [6.45, 7) is 11.3. The molecule has 0 spiro atoms. The number of pyridine rings is 2. The highest BCUT2D eigenvalue weighted by Crippen LogP contribution is 2.32. The Balaban J connectivity index is 0.000000144. The number of methoxy groups -OCH3 is 1. The number of aromatic amines is 4. The van der Waals surface area contributed by atoms with Gasteiger partial charge in [-0.25, -0.2) is 19.0 Å². The number of likely N-dealkylation sites (tertiary alicyclic amines) is 1. The zero-order valence-corrected chi connectivity index (χ0v) is 34.8. The van der Waals surface area contributed by atoms with E-state index in [1.807, 2.05) is 12.1 Å². The summed E-state index contributed by atoms with van der Waals surface area (Å²) >= 11 is 0. The highest BCUT2D eigenvalue weighted by Gasteiger charge is 2.34. The summed E-state index contributed by atoms with van der Waals surface area (Å²) in [4.78, 5) is 70.2. The van der Waals surface area contributed by atoms with Gasteiger partial charge in [-0.3, -0.25) is 24.1 Å². The van der Waals surface area contributed by atoms with E-state index >= 15 is 0 Å². The quantitative estimate of drug-likeness (QED) is 0.155. The van der Waals surface area contributed by atoms with Crippen LogP contribution < -0.4 is 32.3 Å². The first-order chi connectivity index (χ1) is 29.7. The van der Waals surface area contributed by atoms with Crippen LogP contribution in [0.1, 0.15) is 92.1 Å². The first-order valence-electron chi connectivity index (χ1n) is 21.1. The van der Waals surface area contributed by atoms with Crippen molar-refractivity contribution >= 4 is 11.0 Å². The van der Waals surface area contributed by atoms with E-state index in [2.05, 4.69) is 54.0 Å². The van der Waals surface area contributed by atoms with Crippen LogP contribution in [-0.2, 0) is 16.0 Å². The molecular formula is C42H54N12O7. The lowest BCUT2D eigenvalue weighted by atomic mass is 9.97. The van der Waals surface area contributed by atoms with Gasteiger partial charge in [0, 0.05) is 94.2 Å². The van der Waals surface area contributed by atoms with E-state index in [0.717, 1.165) is 88.1 Å². The second kappa shape index (κ2) is 18.9. The summed E-state index contributed by atoms with van der Waals surface area (Å²) in [6, 6.07) is 7.02. The monoisotopic (exact) mass is 838 g/mol. The van der Waals surface area contributed by atoms with Crippen molar-refractivity contribution in [3.8, 4) is 5.75 Å². The number of fused-ring (bicyclic) bond motifs is 2. The van der Waals surface area contributed by atoms with E-state index in [4.69, 9.17) is 24.4 Å². The van der Waals surface area contributed by atoms with Crippen LogP contribution in [0.15, 0.2) is 68.2 Å². The van der Waals surface area contributed by atoms with Crippen LogP contribution in [0, 0.1) is 11.8 Å². The van der Waals surface area contributed by atoms with E-state index in [1.54, 1.807) is 46.0 Å². The van der Waals surface area contributed by atoms with Gasteiger partial charge in [-0.2, -0.15) is 10.2 Å². The van der Waals surface area contributed by atoms with Crippen molar-refractivity contribution in [2.75, 3.05) is 59.7 Å². The van der Waals surface area contributed by atoms with Gasteiger partial charge in [0.15, 0.2) is 16.8 Å². The van der Waals surface area contributed by atoms with Crippen LogP contribution in [0.5, 0.6) is 5.75 Å². The summed E-state index contributed by atoms with van der Waals surface area (Å²) in [6.07, 6.45) is 10.1. The van der Waals surface area contributed by atoms with Crippen molar-refractivity contribution in [3.05, 3.63) is 119 Å². The Morgan fingerprint density at radius 3 is 1.75 bits per heavy atom. The largest absolute Gasteiger partial charge is 0.491 e. The van der Waals surface area contributed by atoms with Crippen molar-refractivity contribution in [3.63, 3.8) is 0 Å². The molecule has 0 aliphatic carbocycles. The maximum atomic E-state index is 12.7. The summed E-state index contributed by atoms with van der Waals surface area (Å²) in [5, 5.41) is 12.9.